The highest BCUT2D eigenvalue weighted by molar-refractivity contribution is 7.92. The first-order valence-corrected chi connectivity index (χ1v) is 14.3. The lowest BCUT2D eigenvalue weighted by atomic mass is 10.1. The van der Waals surface area contributed by atoms with E-state index < -0.39 is 28.5 Å². The number of amides is 2. The van der Waals surface area contributed by atoms with Gasteiger partial charge in [-0.25, -0.2) is 8.42 Å². The highest BCUT2D eigenvalue weighted by Gasteiger charge is 2.32. The van der Waals surface area contributed by atoms with E-state index in [1.807, 2.05) is 0 Å². The van der Waals surface area contributed by atoms with Gasteiger partial charge in [0.15, 0.2) is 0 Å². The molecule has 1 saturated carbocycles. The molecule has 2 amide bonds. The Balaban J connectivity index is 1.89. The van der Waals surface area contributed by atoms with Crippen LogP contribution < -0.4 is 14.4 Å². The molecule has 0 aromatic heterocycles. The molecule has 36 heavy (non-hydrogen) atoms. The number of ether oxygens (including phenoxy) is 1. The molecule has 0 spiro atoms. The van der Waals surface area contributed by atoms with Gasteiger partial charge in [-0.15, -0.1) is 0 Å². The topological polar surface area (TPSA) is 96.0 Å². The molecule has 2 aromatic rings. The highest BCUT2D eigenvalue weighted by atomic mass is 35.5. The van der Waals surface area contributed by atoms with Crippen LogP contribution >= 0.6 is 23.2 Å². The summed E-state index contributed by atoms with van der Waals surface area (Å²) in [5.41, 5.74) is 0.893. The lowest BCUT2D eigenvalue weighted by Crippen LogP contribution is -2.52. The van der Waals surface area contributed by atoms with Gasteiger partial charge >= 0.3 is 0 Å². The Morgan fingerprint density at radius 3 is 2.31 bits per heavy atom. The van der Waals surface area contributed by atoms with Crippen molar-refractivity contribution in [1.82, 2.24) is 10.2 Å². The maximum atomic E-state index is 13.6. The standard InChI is InChI=1S/C25H31Cl2N3O5S/c1-17(25(32)28-20-6-4-5-7-20)29(15-18-8-11-21(35-2)12-9-18)24(31)16-30(36(3,33)34)23-13-10-19(26)14-22(23)27/h8-14,17,20H,4-7,15-16H2,1-3H3,(H,28,32). The fourth-order valence-corrected chi connectivity index (χ4v) is 5.60. The van der Waals surface area contributed by atoms with Crippen LogP contribution in [0.5, 0.6) is 5.75 Å². The lowest BCUT2D eigenvalue weighted by molar-refractivity contribution is -0.139. The summed E-state index contributed by atoms with van der Waals surface area (Å²) in [6.07, 6.45) is 4.91. The third kappa shape index (κ3) is 7.27. The van der Waals surface area contributed by atoms with Crippen LogP contribution in [0, 0.1) is 0 Å². The molecule has 196 valence electrons. The number of methoxy groups -OCH3 is 1. The van der Waals surface area contributed by atoms with Crippen molar-refractivity contribution in [3.05, 3.63) is 58.1 Å². The molecule has 2 aromatic carbocycles. The molecular formula is C25H31Cl2N3O5S. The van der Waals surface area contributed by atoms with Gasteiger partial charge in [0.2, 0.25) is 21.8 Å². The van der Waals surface area contributed by atoms with Crippen molar-refractivity contribution in [1.29, 1.82) is 0 Å². The first-order valence-electron chi connectivity index (χ1n) is 11.6. The monoisotopic (exact) mass is 555 g/mol. The molecule has 0 radical (unpaired) electrons. The molecule has 1 aliphatic rings. The Morgan fingerprint density at radius 2 is 1.75 bits per heavy atom. The quantitative estimate of drug-likeness (QED) is 0.472. The van der Waals surface area contributed by atoms with Gasteiger partial charge in [-0.2, -0.15) is 0 Å². The summed E-state index contributed by atoms with van der Waals surface area (Å²) < 4.78 is 31.4. The van der Waals surface area contributed by atoms with Crippen LogP contribution in [0.2, 0.25) is 10.0 Å². The second-order valence-electron chi connectivity index (χ2n) is 8.90. The summed E-state index contributed by atoms with van der Waals surface area (Å²) in [5, 5.41) is 3.46. The van der Waals surface area contributed by atoms with E-state index in [9.17, 15) is 18.0 Å². The number of nitrogens with one attached hydrogen (secondary N) is 1. The Labute approximate surface area is 222 Å². The van der Waals surface area contributed by atoms with E-state index in [0.717, 1.165) is 41.8 Å². The third-order valence-electron chi connectivity index (χ3n) is 6.24. The molecular weight excluding hydrogens is 525 g/mol. The number of carbonyl (C=O) groups excluding carboxylic acids is 2. The van der Waals surface area contributed by atoms with Crippen molar-refractivity contribution < 1.29 is 22.7 Å². The molecule has 1 N–H and O–H groups in total. The predicted molar refractivity (Wildman–Crippen MR) is 142 cm³/mol. The molecule has 1 fully saturated rings. The molecule has 1 aliphatic carbocycles. The number of anilines is 1. The summed E-state index contributed by atoms with van der Waals surface area (Å²) >= 11 is 12.2. The van der Waals surface area contributed by atoms with Crippen molar-refractivity contribution in [2.24, 2.45) is 0 Å². The molecule has 1 unspecified atom stereocenters. The number of sulfonamides is 1. The summed E-state index contributed by atoms with van der Waals surface area (Å²) in [6.45, 7) is 1.22. The van der Waals surface area contributed by atoms with Crippen molar-refractivity contribution >= 4 is 50.7 Å². The molecule has 1 atom stereocenters. The number of hydrogen-bond acceptors (Lipinski definition) is 5. The molecule has 3 rings (SSSR count). The SMILES string of the molecule is COc1ccc(CN(C(=O)CN(c2ccc(Cl)cc2Cl)S(C)(=O)=O)C(C)C(=O)NC2CCCC2)cc1. The molecule has 8 nitrogen and oxygen atoms in total. The van der Waals surface area contributed by atoms with Gasteiger partial charge in [0, 0.05) is 17.6 Å². The lowest BCUT2D eigenvalue weighted by Gasteiger charge is -2.32. The van der Waals surface area contributed by atoms with Crippen molar-refractivity contribution in [2.45, 2.75) is 51.2 Å². The van der Waals surface area contributed by atoms with Gasteiger partial charge < -0.3 is 15.0 Å². The number of carbonyl (C=O) groups is 2. The average molecular weight is 557 g/mol. The van der Waals surface area contributed by atoms with Crippen molar-refractivity contribution in [2.75, 3.05) is 24.2 Å². The first kappa shape index (κ1) is 28.1. The van der Waals surface area contributed by atoms with Crippen molar-refractivity contribution in [3.8, 4) is 5.75 Å². The minimum absolute atomic E-state index is 0.0817. The fraction of sp³-hybridized carbons (Fsp3) is 0.440. The van der Waals surface area contributed by atoms with Crippen LogP contribution in [0.15, 0.2) is 42.5 Å². The normalized spacial score (nSPS) is 14.8. The van der Waals surface area contributed by atoms with E-state index in [0.29, 0.717) is 10.8 Å². The van der Waals surface area contributed by atoms with Gasteiger partial charge in [-0.3, -0.25) is 13.9 Å². The maximum absolute atomic E-state index is 13.6. The maximum Gasteiger partial charge on any atom is 0.244 e. The molecule has 0 bridgehead atoms. The van der Waals surface area contributed by atoms with E-state index >= 15 is 0 Å². The van der Waals surface area contributed by atoms with Gasteiger partial charge in [0.25, 0.3) is 0 Å². The number of nitrogens with zero attached hydrogens (tertiary/aromatic N) is 2. The number of benzene rings is 2. The Hall–Kier alpha value is -2.49. The van der Waals surface area contributed by atoms with E-state index in [1.165, 1.54) is 23.1 Å². The summed E-state index contributed by atoms with van der Waals surface area (Å²) in [6, 6.07) is 10.7. The average Bonchev–Trinajstić information content (AvgIpc) is 3.33. The number of rotatable bonds is 10. The minimum atomic E-state index is -3.89. The van der Waals surface area contributed by atoms with Gasteiger partial charge in [-0.05, 0) is 55.7 Å². The van der Waals surface area contributed by atoms with Crippen LogP contribution in [-0.2, 0) is 26.2 Å². The van der Waals surface area contributed by atoms with E-state index in [2.05, 4.69) is 5.32 Å². The van der Waals surface area contributed by atoms with E-state index in [4.69, 9.17) is 27.9 Å². The fourth-order valence-electron chi connectivity index (χ4n) is 4.18. The molecule has 0 saturated heterocycles. The van der Waals surface area contributed by atoms with Gasteiger partial charge in [-0.1, -0.05) is 48.2 Å². The Bertz CT molecular complexity index is 1180. The molecule has 0 heterocycles. The zero-order valence-corrected chi connectivity index (χ0v) is 22.9. The van der Waals surface area contributed by atoms with Crippen LogP contribution in [0.25, 0.3) is 0 Å². The summed E-state index contributed by atoms with van der Waals surface area (Å²) in [7, 11) is -2.33. The summed E-state index contributed by atoms with van der Waals surface area (Å²) in [4.78, 5) is 28.1. The first-order chi connectivity index (χ1) is 17.0. The number of hydrogen-bond donors (Lipinski definition) is 1. The second-order valence-corrected chi connectivity index (χ2v) is 11.7. The smallest absolute Gasteiger partial charge is 0.244 e. The zero-order valence-electron chi connectivity index (χ0n) is 20.5. The molecule has 0 aliphatic heterocycles. The van der Waals surface area contributed by atoms with E-state index in [-0.39, 0.29) is 29.2 Å². The van der Waals surface area contributed by atoms with Crippen LogP contribution in [0.1, 0.15) is 38.2 Å². The van der Waals surface area contributed by atoms with Crippen LogP contribution in [-0.4, -0.2) is 57.1 Å². The third-order valence-corrected chi connectivity index (χ3v) is 7.90. The zero-order chi connectivity index (χ0) is 26.5. The predicted octanol–water partition coefficient (Wildman–Crippen LogP) is 4.24. The van der Waals surface area contributed by atoms with Gasteiger partial charge in [0.1, 0.15) is 18.3 Å². The minimum Gasteiger partial charge on any atom is -0.497 e. The Morgan fingerprint density at radius 1 is 1.11 bits per heavy atom. The van der Waals surface area contributed by atoms with Crippen molar-refractivity contribution in [3.63, 3.8) is 0 Å². The van der Waals surface area contributed by atoms with Gasteiger partial charge in [0.05, 0.1) is 24.1 Å². The largest absolute Gasteiger partial charge is 0.497 e. The summed E-state index contributed by atoms with van der Waals surface area (Å²) in [5.74, 6) is -0.167. The van der Waals surface area contributed by atoms with Crippen LogP contribution in [0.4, 0.5) is 5.69 Å². The van der Waals surface area contributed by atoms with Crippen LogP contribution in [0.3, 0.4) is 0 Å². The second kappa shape index (κ2) is 12.2. The Kier molecular flexibility index (Phi) is 9.49. The highest BCUT2D eigenvalue weighted by Crippen LogP contribution is 2.30. The van der Waals surface area contributed by atoms with E-state index in [1.54, 1.807) is 38.3 Å². The number of halogens is 2. The molecule has 11 heteroatoms.